The van der Waals surface area contributed by atoms with Crippen molar-refractivity contribution in [2.75, 3.05) is 50.3 Å². The molecule has 0 aliphatic rings. The zero-order valence-corrected chi connectivity index (χ0v) is 79.6. The van der Waals surface area contributed by atoms with Crippen LogP contribution in [0.5, 0.6) is 23.0 Å². The summed E-state index contributed by atoms with van der Waals surface area (Å²) in [5, 5.41) is 47.1. The number of aliphatic hydroxyl groups is 1. The maximum atomic E-state index is 12.5. The van der Waals surface area contributed by atoms with E-state index in [0.717, 1.165) is 10.7 Å². The fourth-order valence-electron chi connectivity index (χ4n) is 8.99. The number of halogens is 6. The molecule has 0 atom stereocenters. The summed E-state index contributed by atoms with van der Waals surface area (Å²) in [6, 6.07) is 54.3. The zero-order chi connectivity index (χ0) is 94.2. The maximum absolute atomic E-state index is 12.5. The molecule has 0 bridgehead atoms. The SMILES string of the molecule is CC#N.CC(C)(CBr)COC(=O)C(C)(C)Oc1ccc(C(=O)c2ccc(Cl)cc2)cc1.CC(C)(CO)CBr.CC(C)(CON=O)COC(=O)C(C)(C)Oc1ccc(C(=O)c2ccc(Cl)cc2)cc1.CC(C)(CON=O)COC(=O)C(C)(C)Oc1ccc(C(=O)c2ccc(Cl)cc2)cc1.CC(C)(Oc1ccc(C(=O)c2ccc(Cl)cc2)cc1)C(=O)O.O=[N+]([O-])O.[Ag]. The Bertz CT molecular complexity index is 4680. The Labute approximate surface area is 779 Å². The van der Waals surface area contributed by atoms with Gasteiger partial charge in [0.25, 0.3) is 5.09 Å². The van der Waals surface area contributed by atoms with E-state index >= 15 is 0 Å². The first-order valence-electron chi connectivity index (χ1n) is 37.6. The minimum absolute atomic E-state index is 0. The first-order valence-corrected chi connectivity index (χ1v) is 41.3. The van der Waals surface area contributed by atoms with E-state index in [1.54, 1.807) is 269 Å². The summed E-state index contributed by atoms with van der Waals surface area (Å²) in [5.74, 6) is -1.50. The summed E-state index contributed by atoms with van der Waals surface area (Å²) in [4.78, 5) is 136. The van der Waals surface area contributed by atoms with Crippen molar-refractivity contribution >= 4 is 125 Å². The molecule has 0 fully saturated rings. The van der Waals surface area contributed by atoms with Crippen molar-refractivity contribution < 1.29 is 124 Å². The van der Waals surface area contributed by atoms with Crippen LogP contribution < -0.4 is 18.9 Å². The van der Waals surface area contributed by atoms with E-state index in [9.17, 15) is 48.2 Å². The van der Waals surface area contributed by atoms with Crippen molar-refractivity contribution in [1.82, 2.24) is 0 Å². The van der Waals surface area contributed by atoms with Gasteiger partial charge in [-0.1, -0.05) is 134 Å². The summed E-state index contributed by atoms with van der Waals surface area (Å²) in [5.41, 5.74) is -2.16. The molecule has 0 heterocycles. The first kappa shape index (κ1) is 113. The van der Waals surface area contributed by atoms with Gasteiger partial charge in [-0.25, -0.2) is 19.2 Å². The molecule has 0 aromatic heterocycles. The summed E-state index contributed by atoms with van der Waals surface area (Å²) >= 11 is 30.0. The maximum Gasteiger partial charge on any atom is 0.349 e. The summed E-state index contributed by atoms with van der Waals surface area (Å²) < 4.78 is 38.8. The second-order valence-electron chi connectivity index (χ2n) is 32.2. The molecule has 1 radical (unpaired) electrons. The van der Waals surface area contributed by atoms with Gasteiger partial charge in [0.05, 0.1) is 25.9 Å². The average molecular weight is 2030 g/mol. The van der Waals surface area contributed by atoms with Crippen molar-refractivity contribution in [3.05, 3.63) is 279 Å². The van der Waals surface area contributed by atoms with Crippen LogP contribution in [0.2, 0.25) is 20.1 Å². The van der Waals surface area contributed by atoms with Gasteiger partial charge in [0, 0.05) is 127 Å². The Balaban J connectivity index is 0.000000792. The Morgan fingerprint density at radius 1 is 0.376 bits per heavy atom. The number of alkyl halides is 2. The van der Waals surface area contributed by atoms with Gasteiger partial charge in [-0.05, 0) is 255 Å². The Morgan fingerprint density at radius 2 is 0.552 bits per heavy atom. The monoisotopic (exact) mass is 2030 g/mol. The van der Waals surface area contributed by atoms with Crippen LogP contribution in [-0.2, 0) is 65.4 Å². The number of carbonyl (C=O) groups is 8. The minimum Gasteiger partial charge on any atom is -0.478 e. The molecule has 0 unspecified atom stereocenters. The number of ketones is 4. The summed E-state index contributed by atoms with van der Waals surface area (Å²) in [6.07, 6.45) is 0. The first-order chi connectivity index (χ1) is 57.7. The minimum atomic E-state index is -1.50. The Morgan fingerprint density at radius 3 is 0.712 bits per heavy atom. The topological polar surface area (TPSA) is 406 Å². The van der Waals surface area contributed by atoms with E-state index in [-0.39, 0.29) is 89.4 Å². The molecule has 8 rings (SSSR count). The van der Waals surface area contributed by atoms with Crippen LogP contribution in [-0.4, -0.2) is 140 Å². The quantitative estimate of drug-likeness (QED) is 0.00485. The number of benzene rings is 8. The van der Waals surface area contributed by atoms with Crippen LogP contribution in [0.4, 0.5) is 0 Å². The third-order valence-corrected chi connectivity index (χ3v) is 20.4. The van der Waals surface area contributed by atoms with Gasteiger partial charge in [-0.15, -0.1) is 19.9 Å². The predicted molar refractivity (Wildman–Crippen MR) is 478 cm³/mol. The zero-order valence-electron chi connectivity index (χ0n) is 71.9. The molecule has 0 spiro atoms. The number of nitriles is 1. The number of ether oxygens (including phenoxy) is 7. The van der Waals surface area contributed by atoms with E-state index < -0.39 is 62.2 Å². The molecular weight excluding hydrogens is 1930 g/mol. The largest absolute Gasteiger partial charge is 0.478 e. The van der Waals surface area contributed by atoms with E-state index in [1.807, 2.05) is 27.7 Å². The number of carboxylic acid groups (broad SMARTS) is 1. The number of aliphatic hydroxyl groups excluding tert-OH is 1. The molecule has 0 aliphatic heterocycles. The second kappa shape index (κ2) is 53.3. The predicted octanol–water partition coefficient (Wildman–Crippen LogP) is 21.1. The molecule has 35 heteroatoms. The van der Waals surface area contributed by atoms with E-state index in [0.29, 0.717) is 94.2 Å². The normalized spacial score (nSPS) is 11.0. The third-order valence-electron chi connectivity index (χ3n) is 16.3. The fourth-order valence-corrected chi connectivity index (χ4v) is 9.83. The van der Waals surface area contributed by atoms with E-state index in [1.165, 1.54) is 20.8 Å². The van der Waals surface area contributed by atoms with Gasteiger partial charge < -0.3 is 58.3 Å². The van der Waals surface area contributed by atoms with Gasteiger partial charge >= 0.3 is 23.9 Å². The van der Waals surface area contributed by atoms with Crippen molar-refractivity contribution in [2.24, 2.45) is 32.3 Å². The van der Waals surface area contributed by atoms with Crippen molar-refractivity contribution in [3.8, 4) is 29.1 Å². The van der Waals surface area contributed by atoms with Crippen LogP contribution in [0.3, 0.4) is 0 Å². The molecule has 0 amide bonds. The number of rotatable bonds is 35. The summed E-state index contributed by atoms with van der Waals surface area (Å²) in [6.45, 7) is 29.7. The molecule has 8 aromatic rings. The van der Waals surface area contributed by atoms with Gasteiger partial charge in [-0.3, -0.25) is 19.2 Å². The molecule has 28 nitrogen and oxygen atoms in total. The molecule has 0 saturated heterocycles. The molecule has 0 saturated carbocycles. The number of hydrogen-bond acceptors (Lipinski definition) is 25. The number of esters is 3. The molecule has 8 aromatic carbocycles. The number of hydrogen-bond donors (Lipinski definition) is 3. The number of nitrogens with zero attached hydrogens (tertiary/aromatic N) is 4. The molecule has 125 heavy (non-hydrogen) atoms. The van der Waals surface area contributed by atoms with E-state index in [2.05, 4.69) is 52.2 Å². The third kappa shape index (κ3) is 42.6. The van der Waals surface area contributed by atoms with Crippen molar-refractivity contribution in [2.45, 2.75) is 140 Å². The van der Waals surface area contributed by atoms with Gasteiger partial charge in [0.15, 0.2) is 56.2 Å². The van der Waals surface area contributed by atoms with Crippen molar-refractivity contribution in [3.63, 3.8) is 0 Å². The number of carbonyl (C=O) groups excluding carboxylic acids is 7. The van der Waals surface area contributed by atoms with Gasteiger partial charge in [0.1, 0.15) is 36.2 Å². The van der Waals surface area contributed by atoms with Gasteiger partial charge in [0.2, 0.25) is 0 Å². The standard InChI is InChI=1S/C22H24BrClO4.2C22H24ClNO6.C17H15ClO4.C5H11BrO.C2H3N.Ag.HNO3/c1-21(2,13-23)14-27-20(26)22(3,4)28-18-11-7-16(8-12-18)19(25)15-5-9-17(24)10-6-15;2*1-21(2,14-29-24-27)13-28-20(26)22(3,4)30-18-11-7-16(8-12-18)19(25)15-5-9-17(23)10-6-15;1-17(2,16(20)21)22-14-9-5-12(6-10-14)15(19)11-3-7-13(18)8-4-11;1-5(2,3-6)4-7;1-2-3;;2-1(3)4/h5-12H,13-14H2,1-4H3;2*5-12H,13-14H2,1-4H3;3-10H,1-2H3,(H,20,21);7H,3-4H2,1-2H3;1H3;;(H,2,3,4). The smallest absolute Gasteiger partial charge is 0.349 e. The van der Waals surface area contributed by atoms with Crippen LogP contribution in [0, 0.1) is 52.9 Å². The van der Waals surface area contributed by atoms with Crippen LogP contribution in [0.25, 0.3) is 0 Å². The number of aliphatic carboxylic acids is 1. The fraction of sp³-hybridized carbons (Fsp3) is 0.367. The Hall–Kier alpha value is -10.2. The van der Waals surface area contributed by atoms with E-state index in [4.69, 9.17) is 110 Å². The second-order valence-corrected chi connectivity index (χ2v) is 35.0. The molecule has 0 aliphatic carbocycles. The van der Waals surface area contributed by atoms with Gasteiger partial charge in [-0.2, -0.15) is 5.26 Å². The van der Waals surface area contributed by atoms with Crippen LogP contribution in [0.1, 0.15) is 181 Å². The van der Waals surface area contributed by atoms with Crippen LogP contribution in [0.15, 0.2) is 205 Å². The summed E-state index contributed by atoms with van der Waals surface area (Å²) in [7, 11) is 0. The molecule has 679 valence electrons. The van der Waals surface area contributed by atoms with Crippen LogP contribution >= 0.6 is 78.3 Å². The number of carboxylic acids is 1. The average Bonchev–Trinajstić information content (AvgIpc) is 1.06. The molecular formula is C90H102AgBr2Cl4N4O24. The molecule has 3 N–H and O–H groups in total. The van der Waals surface area contributed by atoms with Crippen molar-refractivity contribution in [1.29, 1.82) is 5.26 Å². The Kier molecular flexibility index (Phi) is 48.1.